The molecule has 0 amide bonds. The molecule has 6 heteroatoms. The van der Waals surface area contributed by atoms with Gasteiger partial charge in [0.15, 0.2) is 0 Å². The van der Waals surface area contributed by atoms with E-state index in [0.29, 0.717) is 11.7 Å². The monoisotopic (exact) mass is 286 g/mol. The minimum atomic E-state index is 0.435. The van der Waals surface area contributed by atoms with Crippen LogP contribution in [0.2, 0.25) is 0 Å². The summed E-state index contributed by atoms with van der Waals surface area (Å²) in [6, 6.07) is 1.87. The number of nitrogen functional groups attached to an aromatic ring is 1. The maximum absolute atomic E-state index is 5.56. The summed E-state index contributed by atoms with van der Waals surface area (Å²) in [5.74, 6) is 8.37. The molecule has 112 valence electrons. The van der Waals surface area contributed by atoms with Gasteiger partial charge in [-0.15, -0.1) is 0 Å². The van der Waals surface area contributed by atoms with E-state index in [1.54, 1.807) is 4.68 Å². The van der Waals surface area contributed by atoms with Crippen molar-refractivity contribution in [3.05, 3.63) is 24.3 Å². The van der Waals surface area contributed by atoms with Gasteiger partial charge in [0.05, 0.1) is 11.9 Å². The third-order valence-corrected chi connectivity index (χ3v) is 4.27. The van der Waals surface area contributed by atoms with Crippen LogP contribution in [0.3, 0.4) is 0 Å². The number of nitrogens with zero attached hydrogens (tertiary/aromatic N) is 4. The van der Waals surface area contributed by atoms with Crippen LogP contribution in [0.25, 0.3) is 11.3 Å². The van der Waals surface area contributed by atoms with Crippen LogP contribution in [0.5, 0.6) is 0 Å². The Morgan fingerprint density at radius 3 is 2.62 bits per heavy atom. The van der Waals surface area contributed by atoms with Crippen LogP contribution in [0.1, 0.15) is 44.3 Å². The van der Waals surface area contributed by atoms with Gasteiger partial charge in [-0.2, -0.15) is 5.10 Å². The van der Waals surface area contributed by atoms with E-state index in [1.807, 2.05) is 25.5 Å². The van der Waals surface area contributed by atoms with Crippen molar-refractivity contribution in [3.63, 3.8) is 0 Å². The topological polar surface area (TPSA) is 81.6 Å². The molecule has 0 bridgehead atoms. The molecular weight excluding hydrogens is 264 g/mol. The molecule has 21 heavy (non-hydrogen) atoms. The van der Waals surface area contributed by atoms with E-state index in [4.69, 9.17) is 10.8 Å². The van der Waals surface area contributed by atoms with Gasteiger partial charge in [0.2, 0.25) is 0 Å². The summed E-state index contributed by atoms with van der Waals surface area (Å²) in [4.78, 5) is 9.31. The summed E-state index contributed by atoms with van der Waals surface area (Å²) in [6.45, 7) is 2.32. The van der Waals surface area contributed by atoms with Crippen molar-refractivity contribution in [1.82, 2.24) is 19.7 Å². The fourth-order valence-corrected chi connectivity index (χ4v) is 2.94. The second kappa shape index (κ2) is 5.81. The van der Waals surface area contributed by atoms with E-state index in [0.717, 1.165) is 35.8 Å². The molecule has 6 nitrogen and oxygen atoms in total. The molecular formula is C15H22N6. The zero-order valence-corrected chi connectivity index (χ0v) is 12.6. The van der Waals surface area contributed by atoms with Crippen LogP contribution >= 0.6 is 0 Å². The maximum Gasteiger partial charge on any atom is 0.144 e. The summed E-state index contributed by atoms with van der Waals surface area (Å²) in [5, 5.41) is 4.21. The Morgan fingerprint density at radius 2 is 2.00 bits per heavy atom. The Bertz CT molecular complexity index is 612. The van der Waals surface area contributed by atoms with Crippen molar-refractivity contribution in [1.29, 1.82) is 0 Å². The molecule has 3 N–H and O–H groups in total. The molecule has 0 aliphatic heterocycles. The number of aryl methyl sites for hydroxylation is 1. The normalized spacial score (nSPS) is 22.2. The Morgan fingerprint density at radius 1 is 1.24 bits per heavy atom. The third-order valence-electron chi connectivity index (χ3n) is 4.27. The quantitative estimate of drug-likeness (QED) is 0.669. The molecule has 0 unspecified atom stereocenters. The minimum Gasteiger partial charge on any atom is -0.308 e. The van der Waals surface area contributed by atoms with E-state index < -0.39 is 0 Å². The van der Waals surface area contributed by atoms with E-state index in [-0.39, 0.29) is 0 Å². The lowest BCUT2D eigenvalue weighted by atomic mass is 9.82. The molecule has 3 rings (SSSR count). The van der Waals surface area contributed by atoms with Gasteiger partial charge < -0.3 is 5.43 Å². The number of nitrogens with two attached hydrogens (primary N) is 1. The number of hydrogen-bond acceptors (Lipinski definition) is 5. The molecule has 1 aliphatic rings. The first kappa shape index (κ1) is 14.0. The zero-order chi connectivity index (χ0) is 14.8. The molecule has 0 atom stereocenters. The van der Waals surface area contributed by atoms with Crippen LogP contribution in [-0.2, 0) is 7.05 Å². The number of rotatable bonds is 3. The molecule has 1 saturated carbocycles. The van der Waals surface area contributed by atoms with Gasteiger partial charge in [0, 0.05) is 30.8 Å². The van der Waals surface area contributed by atoms with Gasteiger partial charge in [0.1, 0.15) is 11.6 Å². The van der Waals surface area contributed by atoms with Crippen LogP contribution in [0.4, 0.5) is 5.82 Å². The van der Waals surface area contributed by atoms with Crippen LogP contribution in [0, 0.1) is 5.92 Å². The van der Waals surface area contributed by atoms with E-state index >= 15 is 0 Å². The van der Waals surface area contributed by atoms with Gasteiger partial charge in [-0.05, 0) is 18.8 Å². The molecule has 1 aliphatic carbocycles. The van der Waals surface area contributed by atoms with Gasteiger partial charge in [0.25, 0.3) is 0 Å². The lowest BCUT2D eigenvalue weighted by Crippen LogP contribution is -2.16. The van der Waals surface area contributed by atoms with Gasteiger partial charge in [-0.3, -0.25) is 4.68 Å². The summed E-state index contributed by atoms with van der Waals surface area (Å²) in [6.07, 6.45) is 8.57. The number of hydrazine groups is 1. The fraction of sp³-hybridized carbons (Fsp3) is 0.533. The number of aromatic nitrogens is 4. The zero-order valence-electron chi connectivity index (χ0n) is 12.6. The van der Waals surface area contributed by atoms with E-state index in [2.05, 4.69) is 22.4 Å². The highest BCUT2D eigenvalue weighted by Gasteiger charge is 2.23. The Hall–Kier alpha value is -1.95. The van der Waals surface area contributed by atoms with Crippen molar-refractivity contribution in [2.45, 2.75) is 38.5 Å². The summed E-state index contributed by atoms with van der Waals surface area (Å²) in [5.41, 5.74) is 4.52. The molecule has 0 radical (unpaired) electrons. The lowest BCUT2D eigenvalue weighted by Gasteiger charge is -2.25. The Kier molecular flexibility index (Phi) is 3.88. The molecule has 0 saturated heterocycles. The predicted octanol–water partition coefficient (Wildman–Crippen LogP) is 2.46. The number of anilines is 1. The van der Waals surface area contributed by atoms with Gasteiger partial charge >= 0.3 is 0 Å². The highest BCUT2D eigenvalue weighted by atomic mass is 15.3. The minimum absolute atomic E-state index is 0.435. The number of nitrogens with one attached hydrogen (secondary N) is 1. The third kappa shape index (κ3) is 3.05. The van der Waals surface area contributed by atoms with Crippen molar-refractivity contribution in [2.75, 3.05) is 5.43 Å². The van der Waals surface area contributed by atoms with Gasteiger partial charge in [-0.25, -0.2) is 15.8 Å². The lowest BCUT2D eigenvalue weighted by molar-refractivity contribution is 0.340. The van der Waals surface area contributed by atoms with Crippen molar-refractivity contribution >= 4 is 5.82 Å². The molecule has 2 heterocycles. The van der Waals surface area contributed by atoms with E-state index in [9.17, 15) is 0 Å². The summed E-state index contributed by atoms with van der Waals surface area (Å²) in [7, 11) is 1.90. The summed E-state index contributed by atoms with van der Waals surface area (Å²) < 4.78 is 1.77. The average molecular weight is 286 g/mol. The first-order valence-corrected chi connectivity index (χ1v) is 7.50. The maximum atomic E-state index is 5.56. The predicted molar refractivity (Wildman–Crippen MR) is 82.4 cm³/mol. The smallest absolute Gasteiger partial charge is 0.144 e. The Balaban J connectivity index is 1.93. The number of hydrogen-bond donors (Lipinski definition) is 2. The standard InChI is InChI=1S/C15H22N6/c1-10-3-5-11(6-4-10)15-18-13(7-14(19-15)20-16)12-8-17-21(2)9-12/h7-11H,3-6,16H2,1-2H3,(H,18,19,20). The molecule has 2 aromatic rings. The van der Waals surface area contributed by atoms with Crippen LogP contribution < -0.4 is 11.3 Å². The fourth-order valence-electron chi connectivity index (χ4n) is 2.94. The van der Waals surface area contributed by atoms with Crippen LogP contribution in [-0.4, -0.2) is 19.7 Å². The van der Waals surface area contributed by atoms with Crippen LogP contribution in [0.15, 0.2) is 18.5 Å². The van der Waals surface area contributed by atoms with Crippen molar-refractivity contribution in [3.8, 4) is 11.3 Å². The largest absolute Gasteiger partial charge is 0.308 e. The second-order valence-electron chi connectivity index (χ2n) is 6.00. The first-order chi connectivity index (χ1) is 10.2. The van der Waals surface area contributed by atoms with E-state index in [1.165, 1.54) is 12.8 Å². The molecule has 2 aromatic heterocycles. The summed E-state index contributed by atoms with van der Waals surface area (Å²) >= 11 is 0. The SMILES string of the molecule is CC1CCC(c2nc(NN)cc(-c3cnn(C)c3)n2)CC1. The highest BCUT2D eigenvalue weighted by molar-refractivity contribution is 5.60. The average Bonchev–Trinajstić information content (AvgIpc) is 2.94. The molecule has 0 spiro atoms. The molecule has 1 fully saturated rings. The highest BCUT2D eigenvalue weighted by Crippen LogP contribution is 2.35. The van der Waals surface area contributed by atoms with Crippen molar-refractivity contribution in [2.24, 2.45) is 18.8 Å². The Labute approximate surface area is 124 Å². The van der Waals surface area contributed by atoms with Crippen molar-refractivity contribution < 1.29 is 0 Å². The van der Waals surface area contributed by atoms with Gasteiger partial charge in [-0.1, -0.05) is 19.8 Å². The first-order valence-electron chi connectivity index (χ1n) is 7.50. The second-order valence-corrected chi connectivity index (χ2v) is 6.00. The molecule has 0 aromatic carbocycles.